The fourth-order valence-corrected chi connectivity index (χ4v) is 1.81. The average molecular weight is 270 g/mol. The molecule has 0 radical (unpaired) electrons. The molecule has 4 nitrogen and oxygen atoms in total. The molecule has 1 unspecified atom stereocenters. The highest BCUT2D eigenvalue weighted by Gasteiger charge is 2.17. The number of nitrogens with two attached hydrogens (primary N) is 1. The largest absolute Gasteiger partial charge is 0.397 e. The Kier molecular flexibility index (Phi) is 5.44. The van der Waals surface area contributed by atoms with Crippen molar-refractivity contribution in [3.8, 4) is 0 Å². The summed E-state index contributed by atoms with van der Waals surface area (Å²) in [5.41, 5.74) is 6.86. The second-order valence-electron chi connectivity index (χ2n) is 4.38. The van der Waals surface area contributed by atoms with Crippen LogP contribution >= 0.6 is 11.6 Å². The van der Waals surface area contributed by atoms with Gasteiger partial charge in [0.1, 0.15) is 0 Å². The highest BCUT2D eigenvalue weighted by molar-refractivity contribution is 6.31. The van der Waals surface area contributed by atoms with E-state index in [2.05, 4.69) is 12.2 Å². The molecule has 0 aromatic heterocycles. The third-order valence-electron chi connectivity index (χ3n) is 2.89. The van der Waals surface area contributed by atoms with E-state index in [4.69, 9.17) is 17.3 Å². The number of benzene rings is 1. The Hall–Kier alpha value is -1.26. The van der Waals surface area contributed by atoms with E-state index >= 15 is 0 Å². The van der Waals surface area contributed by atoms with Crippen LogP contribution in [0.5, 0.6) is 0 Å². The number of amides is 1. The first-order valence-corrected chi connectivity index (χ1v) is 6.39. The fourth-order valence-electron chi connectivity index (χ4n) is 1.63. The first kappa shape index (κ1) is 14.8. The van der Waals surface area contributed by atoms with E-state index in [1.807, 2.05) is 18.9 Å². The van der Waals surface area contributed by atoms with E-state index < -0.39 is 0 Å². The Balaban J connectivity index is 2.69. The lowest BCUT2D eigenvalue weighted by Gasteiger charge is -2.23. The molecule has 0 spiro atoms. The first-order valence-electron chi connectivity index (χ1n) is 6.01. The molecule has 1 rings (SSSR count). The maximum absolute atomic E-state index is 12.0. The van der Waals surface area contributed by atoms with Crippen LogP contribution in [0.15, 0.2) is 18.2 Å². The number of anilines is 2. The molecule has 1 amide bonds. The van der Waals surface area contributed by atoms with Gasteiger partial charge in [-0.25, -0.2) is 0 Å². The zero-order valence-electron chi connectivity index (χ0n) is 11.0. The first-order chi connectivity index (χ1) is 8.45. The standard InChI is InChI=1S/C13H20ClN3O/c1-4-7-17(3)9(2)13(18)16-12-6-5-10(14)8-11(12)15/h5-6,8-9H,4,7,15H2,1-3H3,(H,16,18). The van der Waals surface area contributed by atoms with Gasteiger partial charge < -0.3 is 11.1 Å². The van der Waals surface area contributed by atoms with Gasteiger partial charge in [-0.2, -0.15) is 0 Å². The number of rotatable bonds is 5. The molecule has 0 fully saturated rings. The fraction of sp³-hybridized carbons (Fsp3) is 0.462. The van der Waals surface area contributed by atoms with Gasteiger partial charge in [-0.15, -0.1) is 0 Å². The minimum absolute atomic E-state index is 0.0695. The molecule has 5 heteroatoms. The van der Waals surface area contributed by atoms with Crippen molar-refractivity contribution in [2.24, 2.45) is 0 Å². The molecule has 0 aliphatic carbocycles. The Morgan fingerprint density at radius 3 is 2.78 bits per heavy atom. The van der Waals surface area contributed by atoms with Gasteiger partial charge in [-0.1, -0.05) is 18.5 Å². The van der Waals surface area contributed by atoms with Crippen molar-refractivity contribution in [1.82, 2.24) is 4.90 Å². The smallest absolute Gasteiger partial charge is 0.241 e. The number of carbonyl (C=O) groups excluding carboxylic acids is 1. The maximum atomic E-state index is 12.0. The van der Waals surface area contributed by atoms with Crippen molar-refractivity contribution in [2.45, 2.75) is 26.3 Å². The van der Waals surface area contributed by atoms with Crippen molar-refractivity contribution in [1.29, 1.82) is 0 Å². The third kappa shape index (κ3) is 3.89. The average Bonchev–Trinajstić information content (AvgIpc) is 2.32. The molecule has 0 saturated carbocycles. The van der Waals surface area contributed by atoms with Crippen LogP contribution in [0, 0.1) is 0 Å². The van der Waals surface area contributed by atoms with Crippen molar-refractivity contribution >= 4 is 28.9 Å². The number of nitrogen functional groups attached to an aromatic ring is 1. The molecule has 3 N–H and O–H groups in total. The number of hydrogen-bond acceptors (Lipinski definition) is 3. The Morgan fingerprint density at radius 2 is 2.22 bits per heavy atom. The Bertz CT molecular complexity index is 423. The second-order valence-corrected chi connectivity index (χ2v) is 4.81. The molecule has 0 bridgehead atoms. The molecule has 1 aromatic rings. The molecule has 100 valence electrons. The minimum Gasteiger partial charge on any atom is -0.397 e. The zero-order chi connectivity index (χ0) is 13.7. The number of nitrogens with one attached hydrogen (secondary N) is 1. The maximum Gasteiger partial charge on any atom is 0.241 e. The molecule has 1 atom stereocenters. The van der Waals surface area contributed by atoms with Crippen LogP contribution in [0.1, 0.15) is 20.3 Å². The summed E-state index contributed by atoms with van der Waals surface area (Å²) in [5, 5.41) is 3.37. The van der Waals surface area contributed by atoms with Crippen LogP contribution in [-0.4, -0.2) is 30.4 Å². The van der Waals surface area contributed by atoms with Crippen molar-refractivity contribution in [3.63, 3.8) is 0 Å². The normalized spacial score (nSPS) is 12.5. The van der Waals surface area contributed by atoms with Crippen molar-refractivity contribution < 1.29 is 4.79 Å². The number of halogens is 1. The number of likely N-dealkylation sites (N-methyl/N-ethyl adjacent to an activating group) is 1. The van der Waals surface area contributed by atoms with Gasteiger partial charge in [0.05, 0.1) is 17.4 Å². The number of nitrogens with zero attached hydrogens (tertiary/aromatic N) is 1. The van der Waals surface area contributed by atoms with Gasteiger partial charge in [0, 0.05) is 5.02 Å². The highest BCUT2D eigenvalue weighted by Crippen LogP contribution is 2.22. The highest BCUT2D eigenvalue weighted by atomic mass is 35.5. The lowest BCUT2D eigenvalue weighted by molar-refractivity contribution is -0.120. The molecule has 0 heterocycles. The summed E-state index contributed by atoms with van der Waals surface area (Å²) >= 11 is 5.81. The van der Waals surface area contributed by atoms with Crippen LogP contribution in [-0.2, 0) is 4.79 Å². The van der Waals surface area contributed by atoms with E-state index in [1.165, 1.54) is 0 Å². The SMILES string of the molecule is CCCN(C)C(C)C(=O)Nc1ccc(Cl)cc1N. The molecule has 18 heavy (non-hydrogen) atoms. The summed E-state index contributed by atoms with van der Waals surface area (Å²) in [6.45, 7) is 4.83. The van der Waals surface area contributed by atoms with Gasteiger partial charge in [-0.3, -0.25) is 9.69 Å². The topological polar surface area (TPSA) is 58.4 Å². The summed E-state index contributed by atoms with van der Waals surface area (Å²) < 4.78 is 0. The Labute approximate surface area is 113 Å². The summed E-state index contributed by atoms with van der Waals surface area (Å²) in [7, 11) is 1.93. The van der Waals surface area contributed by atoms with Crippen molar-refractivity contribution in [3.05, 3.63) is 23.2 Å². The third-order valence-corrected chi connectivity index (χ3v) is 3.12. The van der Waals surface area contributed by atoms with Gasteiger partial charge in [0.2, 0.25) is 5.91 Å². The van der Waals surface area contributed by atoms with Crippen LogP contribution < -0.4 is 11.1 Å². The van der Waals surface area contributed by atoms with Crippen LogP contribution in [0.25, 0.3) is 0 Å². The van der Waals surface area contributed by atoms with E-state index in [1.54, 1.807) is 18.2 Å². The molecular formula is C13H20ClN3O. The predicted molar refractivity (Wildman–Crippen MR) is 76.9 cm³/mol. The number of hydrogen-bond donors (Lipinski definition) is 2. The summed E-state index contributed by atoms with van der Waals surface area (Å²) in [6, 6.07) is 4.84. The molecule has 0 aliphatic heterocycles. The van der Waals surface area contributed by atoms with Crippen LogP contribution in [0.2, 0.25) is 5.02 Å². The minimum atomic E-state index is -0.194. The quantitative estimate of drug-likeness (QED) is 0.808. The van der Waals surface area contributed by atoms with Crippen molar-refractivity contribution in [2.75, 3.05) is 24.6 Å². The van der Waals surface area contributed by atoms with Gasteiger partial charge in [0.25, 0.3) is 0 Å². The zero-order valence-corrected chi connectivity index (χ0v) is 11.8. The van der Waals surface area contributed by atoms with E-state index in [-0.39, 0.29) is 11.9 Å². The summed E-state index contributed by atoms with van der Waals surface area (Å²) in [4.78, 5) is 14.0. The molecular weight excluding hydrogens is 250 g/mol. The lowest BCUT2D eigenvalue weighted by Crippen LogP contribution is -2.40. The summed E-state index contributed by atoms with van der Waals surface area (Å²) in [6.07, 6.45) is 1.01. The van der Waals surface area contributed by atoms with Crippen LogP contribution in [0.4, 0.5) is 11.4 Å². The van der Waals surface area contributed by atoms with Gasteiger partial charge >= 0.3 is 0 Å². The Morgan fingerprint density at radius 1 is 1.56 bits per heavy atom. The van der Waals surface area contributed by atoms with Crippen LogP contribution in [0.3, 0.4) is 0 Å². The predicted octanol–water partition coefficient (Wildman–Crippen LogP) is 2.59. The van der Waals surface area contributed by atoms with Gasteiger partial charge in [0.15, 0.2) is 0 Å². The van der Waals surface area contributed by atoms with Gasteiger partial charge in [-0.05, 0) is 45.1 Å². The second kappa shape index (κ2) is 6.61. The monoisotopic (exact) mass is 269 g/mol. The molecule has 0 aliphatic rings. The van der Waals surface area contributed by atoms with E-state index in [0.717, 1.165) is 13.0 Å². The van der Waals surface area contributed by atoms with E-state index in [0.29, 0.717) is 16.4 Å². The molecule has 0 saturated heterocycles. The number of carbonyl (C=O) groups is 1. The molecule has 1 aromatic carbocycles. The summed E-state index contributed by atoms with van der Waals surface area (Å²) in [5.74, 6) is -0.0695. The van der Waals surface area contributed by atoms with E-state index in [9.17, 15) is 4.79 Å². The lowest BCUT2D eigenvalue weighted by atomic mass is 10.2.